The Hall–Kier alpha value is -1.09. The summed E-state index contributed by atoms with van der Waals surface area (Å²) in [4.78, 5) is 0. The minimum absolute atomic E-state index is 0.0694. The molecule has 0 heterocycles. The zero-order valence-corrected chi connectivity index (χ0v) is 9.52. The van der Waals surface area contributed by atoms with Crippen LogP contribution in [0.15, 0.2) is 23.9 Å². The monoisotopic (exact) mass is 195 g/mol. The van der Waals surface area contributed by atoms with Crippen LogP contribution in [0.1, 0.15) is 34.1 Å². The lowest BCUT2D eigenvalue weighted by Gasteiger charge is -2.17. The van der Waals surface area contributed by atoms with E-state index >= 15 is 0 Å². The summed E-state index contributed by atoms with van der Waals surface area (Å²) in [5, 5.41) is 7.47. The van der Waals surface area contributed by atoms with Crippen molar-refractivity contribution in [2.24, 2.45) is 11.3 Å². The fourth-order valence-electron chi connectivity index (χ4n) is 1.10. The molecule has 3 heteroatoms. The van der Waals surface area contributed by atoms with E-state index in [4.69, 9.17) is 11.3 Å². The molecule has 0 saturated carbocycles. The summed E-state index contributed by atoms with van der Waals surface area (Å²) >= 11 is 0. The molecule has 0 aromatic carbocycles. The second-order valence-electron chi connectivity index (χ2n) is 3.96. The molecule has 0 unspecified atom stereocenters. The van der Waals surface area contributed by atoms with Gasteiger partial charge < -0.3 is 10.8 Å². The van der Waals surface area contributed by atoms with Crippen molar-refractivity contribution < 1.29 is 0 Å². The lowest BCUT2D eigenvalue weighted by Crippen LogP contribution is -2.26. The Labute approximate surface area is 86.6 Å². The molecule has 0 radical (unpaired) electrons. The van der Waals surface area contributed by atoms with Crippen LogP contribution in [0.5, 0.6) is 0 Å². The summed E-state index contributed by atoms with van der Waals surface area (Å²) in [5.74, 6) is 5.33. The SMILES string of the molecule is CC/C=C\C(C)(C)/C=C(/NN)C(C)=N. The maximum Gasteiger partial charge on any atom is 0.0659 e. The van der Waals surface area contributed by atoms with Crippen LogP contribution >= 0.6 is 0 Å². The van der Waals surface area contributed by atoms with Gasteiger partial charge in [0.15, 0.2) is 0 Å². The third-order valence-corrected chi connectivity index (χ3v) is 1.86. The van der Waals surface area contributed by atoms with E-state index in [9.17, 15) is 0 Å². The van der Waals surface area contributed by atoms with Crippen LogP contribution in [-0.4, -0.2) is 5.71 Å². The molecule has 0 aliphatic rings. The zero-order chi connectivity index (χ0) is 11.2. The van der Waals surface area contributed by atoms with Gasteiger partial charge in [-0.15, -0.1) is 0 Å². The van der Waals surface area contributed by atoms with Crippen molar-refractivity contribution in [2.45, 2.75) is 34.1 Å². The average molecular weight is 195 g/mol. The van der Waals surface area contributed by atoms with E-state index in [1.807, 2.05) is 6.08 Å². The van der Waals surface area contributed by atoms with Gasteiger partial charge in [-0.05, 0) is 19.4 Å². The van der Waals surface area contributed by atoms with Gasteiger partial charge in [0.2, 0.25) is 0 Å². The van der Waals surface area contributed by atoms with Crippen LogP contribution in [0.2, 0.25) is 0 Å². The number of hydrogen-bond donors (Lipinski definition) is 3. The first kappa shape index (κ1) is 12.9. The Balaban J connectivity index is 4.73. The Bertz CT molecular complexity index is 249. The molecule has 4 N–H and O–H groups in total. The molecule has 0 atom stereocenters. The van der Waals surface area contributed by atoms with Crippen molar-refractivity contribution in [3.63, 3.8) is 0 Å². The highest BCUT2D eigenvalue weighted by Crippen LogP contribution is 2.20. The van der Waals surface area contributed by atoms with Crippen LogP contribution in [0.3, 0.4) is 0 Å². The Morgan fingerprint density at radius 1 is 1.50 bits per heavy atom. The van der Waals surface area contributed by atoms with Gasteiger partial charge in [-0.3, -0.25) is 5.84 Å². The summed E-state index contributed by atoms with van der Waals surface area (Å²) in [5.41, 5.74) is 3.59. The van der Waals surface area contributed by atoms with Crippen LogP contribution in [0, 0.1) is 10.8 Å². The molecule has 0 fully saturated rings. The van der Waals surface area contributed by atoms with Gasteiger partial charge >= 0.3 is 0 Å². The first-order valence-corrected chi connectivity index (χ1v) is 4.85. The van der Waals surface area contributed by atoms with Gasteiger partial charge in [0.1, 0.15) is 0 Å². The predicted molar refractivity (Wildman–Crippen MR) is 62.0 cm³/mol. The van der Waals surface area contributed by atoms with Crippen LogP contribution < -0.4 is 11.3 Å². The second-order valence-corrected chi connectivity index (χ2v) is 3.96. The van der Waals surface area contributed by atoms with Crippen molar-refractivity contribution in [3.05, 3.63) is 23.9 Å². The molecule has 0 aliphatic heterocycles. The molecule has 0 aliphatic carbocycles. The van der Waals surface area contributed by atoms with Gasteiger partial charge in [0.05, 0.1) is 11.4 Å². The first-order chi connectivity index (χ1) is 6.43. The zero-order valence-electron chi connectivity index (χ0n) is 9.52. The summed E-state index contributed by atoms with van der Waals surface area (Å²) in [6.45, 7) is 7.98. The van der Waals surface area contributed by atoms with Crippen molar-refractivity contribution in [1.29, 1.82) is 5.41 Å². The third-order valence-electron chi connectivity index (χ3n) is 1.86. The van der Waals surface area contributed by atoms with E-state index in [1.165, 1.54) is 0 Å². The van der Waals surface area contributed by atoms with Gasteiger partial charge in [-0.1, -0.05) is 32.9 Å². The highest BCUT2D eigenvalue weighted by Gasteiger charge is 2.11. The minimum atomic E-state index is -0.0694. The molecule has 80 valence electrons. The smallest absolute Gasteiger partial charge is 0.0659 e. The standard InChI is InChI=1S/C11H21N3/c1-5-6-7-11(3,4)8-10(14-13)9(2)12/h6-8,12,14H,5,13H2,1-4H3/b7-6-,10-8+,12-9?. The average Bonchev–Trinajstić information content (AvgIpc) is 2.10. The number of nitrogens with two attached hydrogens (primary N) is 1. The van der Waals surface area contributed by atoms with Crippen molar-refractivity contribution in [3.8, 4) is 0 Å². The number of rotatable bonds is 5. The topological polar surface area (TPSA) is 61.9 Å². The molecular weight excluding hydrogens is 174 g/mol. The molecule has 3 nitrogen and oxygen atoms in total. The first-order valence-electron chi connectivity index (χ1n) is 4.85. The fraction of sp³-hybridized carbons (Fsp3) is 0.545. The minimum Gasteiger partial charge on any atom is -0.323 e. The molecule has 0 rings (SSSR count). The highest BCUT2D eigenvalue weighted by molar-refractivity contribution is 5.95. The van der Waals surface area contributed by atoms with E-state index in [-0.39, 0.29) is 5.41 Å². The highest BCUT2D eigenvalue weighted by atomic mass is 15.2. The number of hydrazine groups is 1. The molecule has 0 saturated heterocycles. The summed E-state index contributed by atoms with van der Waals surface area (Å²) < 4.78 is 0. The molecule has 0 amide bonds. The number of nitrogens with one attached hydrogen (secondary N) is 2. The lowest BCUT2D eigenvalue weighted by atomic mass is 9.91. The van der Waals surface area contributed by atoms with Crippen LogP contribution in [0.4, 0.5) is 0 Å². The maximum absolute atomic E-state index is 7.47. The Kier molecular flexibility index (Phi) is 5.16. The molecule has 0 bridgehead atoms. The van der Waals surface area contributed by atoms with E-state index in [2.05, 4.69) is 38.3 Å². The molecular formula is C11H21N3. The second kappa shape index (κ2) is 5.60. The van der Waals surface area contributed by atoms with Crippen LogP contribution in [0.25, 0.3) is 0 Å². The van der Waals surface area contributed by atoms with Gasteiger partial charge in [0, 0.05) is 5.41 Å². The molecule has 14 heavy (non-hydrogen) atoms. The summed E-state index contributed by atoms with van der Waals surface area (Å²) in [6.07, 6.45) is 7.21. The van der Waals surface area contributed by atoms with Crippen molar-refractivity contribution >= 4 is 5.71 Å². The summed E-state index contributed by atoms with van der Waals surface area (Å²) in [6, 6.07) is 0. The Morgan fingerprint density at radius 2 is 2.07 bits per heavy atom. The van der Waals surface area contributed by atoms with E-state index < -0.39 is 0 Å². The van der Waals surface area contributed by atoms with Crippen molar-refractivity contribution in [2.75, 3.05) is 0 Å². The fourth-order valence-corrected chi connectivity index (χ4v) is 1.10. The predicted octanol–water partition coefficient (Wildman–Crippen LogP) is 2.37. The van der Waals surface area contributed by atoms with E-state index in [0.717, 1.165) is 6.42 Å². The summed E-state index contributed by atoms with van der Waals surface area (Å²) in [7, 11) is 0. The van der Waals surface area contributed by atoms with Crippen molar-refractivity contribution in [1.82, 2.24) is 5.43 Å². The number of hydrogen-bond acceptors (Lipinski definition) is 3. The lowest BCUT2D eigenvalue weighted by molar-refractivity contribution is 0.614. The van der Waals surface area contributed by atoms with E-state index in [0.29, 0.717) is 11.4 Å². The van der Waals surface area contributed by atoms with Gasteiger partial charge in [0.25, 0.3) is 0 Å². The maximum atomic E-state index is 7.47. The third kappa shape index (κ3) is 4.82. The Morgan fingerprint density at radius 3 is 2.43 bits per heavy atom. The normalized spacial score (nSPS) is 13.4. The largest absolute Gasteiger partial charge is 0.323 e. The van der Waals surface area contributed by atoms with E-state index in [1.54, 1.807) is 6.92 Å². The molecule has 0 aromatic rings. The quantitative estimate of drug-likeness (QED) is 0.273. The molecule has 0 aromatic heterocycles. The molecule has 0 spiro atoms. The van der Waals surface area contributed by atoms with Gasteiger partial charge in [-0.25, -0.2) is 0 Å². The van der Waals surface area contributed by atoms with Gasteiger partial charge in [-0.2, -0.15) is 0 Å². The number of allylic oxidation sites excluding steroid dienone is 4. The van der Waals surface area contributed by atoms with Crippen LogP contribution in [-0.2, 0) is 0 Å².